The number of rotatable bonds is 3. The molecule has 0 aliphatic heterocycles. The summed E-state index contributed by atoms with van der Waals surface area (Å²) in [5.41, 5.74) is -1.25. The molecule has 0 amide bonds. The first kappa shape index (κ1) is 12.3. The van der Waals surface area contributed by atoms with Gasteiger partial charge in [0.1, 0.15) is 11.2 Å². The zero-order valence-corrected chi connectivity index (χ0v) is 22.0. The monoisotopic (exact) mass is 564 g/mol. The minimum Gasteiger partial charge on any atom is -0.456 e. The van der Waals surface area contributed by atoms with E-state index in [1.165, 1.54) is 0 Å². The van der Waals surface area contributed by atoms with Gasteiger partial charge in [-0.2, -0.15) is 0 Å². The Bertz CT molecular complexity index is 3430. The molecule has 0 aliphatic rings. The molecular weight excluding hydrogens is 520 g/mol. The summed E-state index contributed by atoms with van der Waals surface area (Å²) in [6.07, 6.45) is 0. The Morgan fingerprint density at radius 2 is 0.907 bits per heavy atom. The minimum atomic E-state index is -0.720. The third kappa shape index (κ3) is 3.79. The second kappa shape index (κ2) is 9.44. The first-order chi connectivity index (χ1) is 28.8. The highest BCUT2D eigenvalue weighted by molar-refractivity contribution is 6.22. The van der Waals surface area contributed by atoms with E-state index in [1.807, 2.05) is 0 Å². The Morgan fingerprint density at radius 1 is 0.372 bits per heavy atom. The Balaban J connectivity index is 1.38. The summed E-state index contributed by atoms with van der Waals surface area (Å²) in [5.74, 6) is 0. The molecule has 0 radical (unpaired) electrons. The highest BCUT2D eigenvalue weighted by atomic mass is 16.3. The number of fused-ring (bicyclic) bond motifs is 6. The van der Waals surface area contributed by atoms with Gasteiger partial charge < -0.3 is 4.42 Å². The van der Waals surface area contributed by atoms with Crippen LogP contribution in [0.15, 0.2) is 162 Å². The van der Waals surface area contributed by atoms with Crippen LogP contribution in [0.3, 0.4) is 0 Å². The topological polar surface area (TPSA) is 13.1 Å². The highest BCUT2D eigenvalue weighted by Gasteiger charge is 2.17. The lowest BCUT2D eigenvalue weighted by molar-refractivity contribution is 0.669. The van der Waals surface area contributed by atoms with Crippen molar-refractivity contribution in [2.24, 2.45) is 0 Å². The van der Waals surface area contributed by atoms with Crippen LogP contribution in [-0.4, -0.2) is 0 Å². The summed E-state index contributed by atoms with van der Waals surface area (Å²) >= 11 is 0. The summed E-state index contributed by atoms with van der Waals surface area (Å²) in [6.45, 7) is 0. The fourth-order valence-electron chi connectivity index (χ4n) is 5.56. The second-order valence-corrected chi connectivity index (χ2v) is 9.85. The zero-order chi connectivity index (χ0) is 44.0. The van der Waals surface area contributed by atoms with Crippen LogP contribution >= 0.6 is 0 Å². The smallest absolute Gasteiger partial charge is 0.136 e. The lowest BCUT2D eigenvalue weighted by Gasteiger charge is -2.18. The van der Waals surface area contributed by atoms with Crippen molar-refractivity contribution in [1.82, 2.24) is 0 Å². The van der Waals surface area contributed by atoms with Gasteiger partial charge in [-0.1, -0.05) is 133 Å². The van der Waals surface area contributed by atoms with Crippen LogP contribution in [0.5, 0.6) is 0 Å². The third-order valence-corrected chi connectivity index (χ3v) is 7.44. The molecule has 9 aromatic rings. The van der Waals surface area contributed by atoms with E-state index in [0.717, 1.165) is 0 Å². The van der Waals surface area contributed by atoms with E-state index in [4.69, 9.17) is 20.9 Å². The largest absolute Gasteiger partial charge is 0.456 e. The molecule has 0 saturated carbocycles. The van der Waals surface area contributed by atoms with Crippen molar-refractivity contribution < 1.29 is 29.1 Å². The lowest BCUT2D eigenvalue weighted by atomic mass is 9.85. The van der Waals surface area contributed by atoms with E-state index >= 15 is 0 Å². The van der Waals surface area contributed by atoms with Crippen LogP contribution in [0.25, 0.3) is 87.6 Å². The molecule has 0 atom stereocenters. The predicted molar refractivity (Wildman–Crippen MR) is 183 cm³/mol. The summed E-state index contributed by atoms with van der Waals surface area (Å²) in [4.78, 5) is 0. The highest BCUT2D eigenvalue weighted by Crippen LogP contribution is 2.45. The maximum absolute atomic E-state index is 9.43. The first-order valence-electron chi connectivity index (χ1n) is 22.3. The normalized spacial score (nSPS) is 17.6. The summed E-state index contributed by atoms with van der Waals surface area (Å²) in [6, 6.07) is 2.77. The van der Waals surface area contributed by atoms with Crippen molar-refractivity contribution in [3.8, 4) is 33.4 Å². The van der Waals surface area contributed by atoms with E-state index in [-0.39, 0.29) is 55.6 Å². The van der Waals surface area contributed by atoms with Crippen LogP contribution < -0.4 is 0 Å². The molecule has 1 nitrogen and oxygen atoms in total. The van der Waals surface area contributed by atoms with Gasteiger partial charge in [0.2, 0.25) is 0 Å². The predicted octanol–water partition coefficient (Wildman–Crippen LogP) is 12.0. The number of hydrogen-bond donors (Lipinski definition) is 0. The molecule has 0 fully saturated rings. The average molecular weight is 565 g/mol. The van der Waals surface area contributed by atoms with Gasteiger partial charge >= 0.3 is 0 Å². The molecule has 0 saturated heterocycles. The first-order valence-corrected chi connectivity index (χ1v) is 13.3. The van der Waals surface area contributed by atoms with Crippen LogP contribution in [0.2, 0.25) is 0 Å². The van der Waals surface area contributed by atoms with Gasteiger partial charge in [-0.05, 0) is 89.9 Å². The molecule has 9 rings (SSSR count). The van der Waals surface area contributed by atoms with Gasteiger partial charge in [0, 0.05) is 10.8 Å². The van der Waals surface area contributed by atoms with E-state index in [9.17, 15) is 8.22 Å². The van der Waals surface area contributed by atoms with Crippen LogP contribution in [0.4, 0.5) is 0 Å². The molecule has 43 heavy (non-hydrogen) atoms. The molecule has 1 heteroatoms. The zero-order valence-electron chi connectivity index (χ0n) is 40.0. The maximum Gasteiger partial charge on any atom is 0.136 e. The van der Waals surface area contributed by atoms with Crippen molar-refractivity contribution in [3.63, 3.8) is 0 Å². The van der Waals surface area contributed by atoms with Crippen molar-refractivity contribution in [2.75, 3.05) is 0 Å². The molecule has 0 N–H and O–H groups in total. The van der Waals surface area contributed by atoms with Gasteiger partial charge in [-0.25, -0.2) is 0 Å². The number of benzene rings is 8. The average Bonchev–Trinajstić information content (AvgIpc) is 3.66. The van der Waals surface area contributed by atoms with Crippen LogP contribution in [0, 0.1) is 0 Å². The third-order valence-electron chi connectivity index (χ3n) is 7.44. The van der Waals surface area contributed by atoms with Crippen LogP contribution in [0.1, 0.15) is 24.7 Å². The summed E-state index contributed by atoms with van der Waals surface area (Å²) in [5, 5.41) is 0.435. The molecular formula is C42H26O. The molecule has 200 valence electrons. The fraction of sp³-hybridized carbons (Fsp3) is 0. The Hall–Kier alpha value is -5.66. The van der Waals surface area contributed by atoms with Gasteiger partial charge in [0.15, 0.2) is 0 Å². The Labute approximate surface area is 274 Å². The number of hydrogen-bond acceptors (Lipinski definition) is 1. The Kier molecular flexibility index (Phi) is 2.70. The van der Waals surface area contributed by atoms with Gasteiger partial charge in [-0.3, -0.25) is 0 Å². The Morgan fingerprint density at radius 3 is 1.63 bits per heavy atom. The molecule has 0 bridgehead atoms. The molecule has 1 aromatic heterocycles. The molecule has 1 heterocycles. The maximum atomic E-state index is 9.43. The minimum absolute atomic E-state index is 0.0629. The summed E-state index contributed by atoms with van der Waals surface area (Å²) in [7, 11) is 0. The van der Waals surface area contributed by atoms with Crippen molar-refractivity contribution in [3.05, 3.63) is 157 Å². The second-order valence-electron chi connectivity index (χ2n) is 9.85. The summed E-state index contributed by atoms with van der Waals surface area (Å²) < 4.78 is 164. The molecule has 0 aliphatic carbocycles. The van der Waals surface area contributed by atoms with Crippen molar-refractivity contribution in [2.45, 2.75) is 0 Å². The van der Waals surface area contributed by atoms with Gasteiger partial charge in [0.05, 0.1) is 24.7 Å². The van der Waals surface area contributed by atoms with E-state index in [2.05, 4.69) is 0 Å². The SMILES string of the molecule is [2H]c1c([2H])c(-c2c3ccccc3c(-c3c([2H])c([2H])c4c(oc5c([2H])c([2H])c([2H])c([2H])c54)c3[2H])c3ccccc23)c([2H])c([2H])c1-c1c([2H])c([2H])c2c([2H])c([2H])c([2H])c([2H])c2c1[2H]. The fourth-order valence-corrected chi connectivity index (χ4v) is 5.56. The molecule has 0 spiro atoms. The van der Waals surface area contributed by atoms with Gasteiger partial charge in [-0.15, -0.1) is 0 Å². The van der Waals surface area contributed by atoms with Crippen molar-refractivity contribution >= 4 is 54.3 Å². The van der Waals surface area contributed by atoms with E-state index in [0.29, 0.717) is 21.5 Å². The standard InChI is InChI=1S/C42H26O/c1-2-10-30-25-31(22-19-27(30)9-1)28-17-20-29(21-18-28)41-35-12-3-5-14-37(35)42(38-15-6-4-13-36(38)41)32-23-24-34-33-11-7-8-16-39(33)43-40(34)26-32/h1-26H/i1D,2D,7D,8D,9D,10D,11D,16D,17D,18D,19D,20D,21D,22D,23D,24D,25D,26D. The lowest BCUT2D eigenvalue weighted by Crippen LogP contribution is -1.91. The quantitative estimate of drug-likeness (QED) is 0.195. The van der Waals surface area contributed by atoms with Gasteiger partial charge in [0.25, 0.3) is 0 Å². The van der Waals surface area contributed by atoms with E-state index in [1.54, 1.807) is 48.5 Å². The number of para-hydroxylation sites is 1. The molecule has 0 unspecified atom stereocenters. The molecule has 8 aromatic carbocycles. The van der Waals surface area contributed by atoms with E-state index < -0.39 is 119 Å². The van der Waals surface area contributed by atoms with Crippen molar-refractivity contribution in [1.29, 1.82) is 0 Å². The van der Waals surface area contributed by atoms with Crippen LogP contribution in [-0.2, 0) is 0 Å². The number of furan rings is 1.